The quantitative estimate of drug-likeness (QED) is 0.798. The van der Waals surface area contributed by atoms with Gasteiger partial charge >= 0.3 is 12.3 Å². The van der Waals surface area contributed by atoms with Gasteiger partial charge in [0.15, 0.2) is 0 Å². The molecule has 7 heteroatoms. The van der Waals surface area contributed by atoms with E-state index in [0.29, 0.717) is 25.9 Å². The molecule has 2 rings (SSSR count). The van der Waals surface area contributed by atoms with Gasteiger partial charge in [-0.1, -0.05) is 0 Å². The van der Waals surface area contributed by atoms with Crippen molar-refractivity contribution in [1.82, 2.24) is 9.80 Å². The number of rotatable bonds is 3. The Labute approximate surface area is 129 Å². The van der Waals surface area contributed by atoms with Crippen LogP contribution in [0.15, 0.2) is 0 Å². The Bertz CT molecular complexity index is 395. The fourth-order valence-electron chi connectivity index (χ4n) is 2.88. The lowest BCUT2D eigenvalue weighted by Gasteiger charge is -2.39. The number of halogens is 3. The van der Waals surface area contributed by atoms with Crippen LogP contribution in [0.2, 0.25) is 0 Å². The Morgan fingerprint density at radius 1 is 1.09 bits per heavy atom. The van der Waals surface area contributed by atoms with Crippen molar-refractivity contribution in [2.45, 2.75) is 70.3 Å². The van der Waals surface area contributed by atoms with Crippen molar-refractivity contribution in [1.29, 1.82) is 0 Å². The van der Waals surface area contributed by atoms with Crippen LogP contribution in [0.5, 0.6) is 0 Å². The van der Waals surface area contributed by atoms with E-state index in [4.69, 9.17) is 4.74 Å². The van der Waals surface area contributed by atoms with Gasteiger partial charge < -0.3 is 9.64 Å². The number of ether oxygens (including phenoxy) is 1. The predicted molar refractivity (Wildman–Crippen MR) is 76.6 cm³/mol. The maximum atomic E-state index is 12.7. The summed E-state index contributed by atoms with van der Waals surface area (Å²) >= 11 is 0. The Hall–Kier alpha value is -0.980. The molecule has 0 atom stereocenters. The molecule has 0 aromatic heterocycles. The molecule has 1 aliphatic carbocycles. The van der Waals surface area contributed by atoms with Gasteiger partial charge in [0.25, 0.3) is 0 Å². The first kappa shape index (κ1) is 17.4. The highest BCUT2D eigenvalue weighted by Crippen LogP contribution is 2.34. The van der Waals surface area contributed by atoms with Crippen LogP contribution in [0.25, 0.3) is 0 Å². The molecule has 2 aliphatic rings. The average Bonchev–Trinajstić information content (AvgIpc) is 3.17. The summed E-state index contributed by atoms with van der Waals surface area (Å²) in [7, 11) is 0. The molecule has 1 amide bonds. The number of piperidine rings is 1. The van der Waals surface area contributed by atoms with Gasteiger partial charge in [-0.15, -0.1) is 0 Å². The number of alkyl halides is 3. The zero-order chi connectivity index (χ0) is 16.5. The monoisotopic (exact) mass is 322 g/mol. The predicted octanol–water partition coefficient (Wildman–Crippen LogP) is 3.41. The molecular formula is C15H25F3N2O2. The standard InChI is InChI=1S/C15H25F3N2O2/c1-14(2,3)22-13(21)19-8-6-12(7-9-19)20(11-4-5-11)10-15(16,17)18/h11-12H,4-10H2,1-3H3. The molecule has 1 heterocycles. The van der Waals surface area contributed by atoms with Crippen molar-refractivity contribution in [3.05, 3.63) is 0 Å². The molecule has 0 unspecified atom stereocenters. The van der Waals surface area contributed by atoms with E-state index in [1.807, 2.05) is 0 Å². The Kier molecular flexibility index (Phi) is 4.94. The van der Waals surface area contributed by atoms with Crippen LogP contribution in [0, 0.1) is 0 Å². The minimum absolute atomic E-state index is 0.0692. The minimum atomic E-state index is -4.16. The second-order valence-corrected chi connectivity index (χ2v) is 7.22. The second kappa shape index (κ2) is 6.26. The summed E-state index contributed by atoms with van der Waals surface area (Å²) in [5, 5.41) is 0. The molecule has 22 heavy (non-hydrogen) atoms. The number of likely N-dealkylation sites (tertiary alicyclic amines) is 1. The highest BCUT2D eigenvalue weighted by molar-refractivity contribution is 5.68. The zero-order valence-corrected chi connectivity index (χ0v) is 13.4. The van der Waals surface area contributed by atoms with E-state index >= 15 is 0 Å². The van der Waals surface area contributed by atoms with Crippen molar-refractivity contribution < 1.29 is 22.7 Å². The molecule has 4 nitrogen and oxygen atoms in total. The van der Waals surface area contributed by atoms with E-state index in [2.05, 4.69) is 0 Å². The maximum absolute atomic E-state index is 12.7. The first-order valence-electron chi connectivity index (χ1n) is 7.85. The summed E-state index contributed by atoms with van der Waals surface area (Å²) in [6.45, 7) is 5.48. The first-order valence-corrected chi connectivity index (χ1v) is 7.85. The van der Waals surface area contributed by atoms with E-state index in [1.54, 1.807) is 30.6 Å². The number of carbonyl (C=O) groups is 1. The van der Waals surface area contributed by atoms with Gasteiger partial charge in [0.05, 0.1) is 6.54 Å². The molecule has 1 saturated heterocycles. The number of carbonyl (C=O) groups excluding carboxylic acids is 1. The third kappa shape index (κ3) is 5.34. The Morgan fingerprint density at radius 2 is 1.59 bits per heavy atom. The van der Waals surface area contributed by atoms with Gasteiger partial charge in [0.1, 0.15) is 5.60 Å². The fourth-order valence-corrected chi connectivity index (χ4v) is 2.88. The maximum Gasteiger partial charge on any atom is 0.410 e. The van der Waals surface area contributed by atoms with Crippen LogP contribution in [0.3, 0.4) is 0 Å². The van der Waals surface area contributed by atoms with Gasteiger partial charge in [0, 0.05) is 25.2 Å². The summed E-state index contributed by atoms with van der Waals surface area (Å²) in [6.07, 6.45) is -1.69. The van der Waals surface area contributed by atoms with E-state index in [-0.39, 0.29) is 18.2 Å². The fraction of sp³-hybridized carbons (Fsp3) is 0.933. The molecule has 0 bridgehead atoms. The second-order valence-electron chi connectivity index (χ2n) is 7.22. The van der Waals surface area contributed by atoms with Crippen LogP contribution in [0.4, 0.5) is 18.0 Å². The normalized spacial score (nSPS) is 21.3. The summed E-state index contributed by atoms with van der Waals surface area (Å²) in [5.41, 5.74) is -0.551. The topological polar surface area (TPSA) is 32.8 Å². The number of hydrogen-bond donors (Lipinski definition) is 0. The number of amides is 1. The molecule has 0 aromatic rings. The van der Waals surface area contributed by atoms with E-state index < -0.39 is 18.3 Å². The third-order valence-electron chi connectivity index (χ3n) is 3.96. The SMILES string of the molecule is CC(C)(C)OC(=O)N1CCC(N(CC(F)(F)F)C2CC2)CC1. The van der Waals surface area contributed by atoms with Crippen LogP contribution < -0.4 is 0 Å². The van der Waals surface area contributed by atoms with Crippen molar-refractivity contribution in [3.63, 3.8) is 0 Å². The molecule has 0 aromatic carbocycles. The Morgan fingerprint density at radius 3 is 2.00 bits per heavy atom. The molecule has 1 saturated carbocycles. The van der Waals surface area contributed by atoms with Crippen molar-refractivity contribution in [3.8, 4) is 0 Å². The van der Waals surface area contributed by atoms with Gasteiger partial charge in [0.2, 0.25) is 0 Å². The molecular weight excluding hydrogens is 297 g/mol. The van der Waals surface area contributed by atoms with Gasteiger partial charge in [-0.3, -0.25) is 4.90 Å². The first-order chi connectivity index (χ1) is 10.1. The number of nitrogens with zero attached hydrogens (tertiary/aromatic N) is 2. The highest BCUT2D eigenvalue weighted by Gasteiger charge is 2.42. The van der Waals surface area contributed by atoms with Crippen molar-refractivity contribution in [2.24, 2.45) is 0 Å². The van der Waals surface area contributed by atoms with Crippen molar-refractivity contribution in [2.75, 3.05) is 19.6 Å². The third-order valence-corrected chi connectivity index (χ3v) is 3.96. The molecule has 0 radical (unpaired) electrons. The molecule has 1 aliphatic heterocycles. The van der Waals surface area contributed by atoms with Crippen LogP contribution in [0.1, 0.15) is 46.5 Å². The summed E-state index contributed by atoms with van der Waals surface area (Å²) < 4.78 is 43.4. The van der Waals surface area contributed by atoms with Crippen LogP contribution in [-0.2, 0) is 4.74 Å². The molecule has 0 N–H and O–H groups in total. The van der Waals surface area contributed by atoms with E-state index in [1.165, 1.54) is 0 Å². The van der Waals surface area contributed by atoms with E-state index in [0.717, 1.165) is 12.8 Å². The largest absolute Gasteiger partial charge is 0.444 e. The summed E-state index contributed by atoms with van der Waals surface area (Å²) in [6, 6.07) is -0.0208. The van der Waals surface area contributed by atoms with E-state index in [9.17, 15) is 18.0 Å². The van der Waals surface area contributed by atoms with Crippen molar-refractivity contribution >= 4 is 6.09 Å². The van der Waals surface area contributed by atoms with Crippen LogP contribution in [-0.4, -0.2) is 59.4 Å². The smallest absolute Gasteiger partial charge is 0.410 e. The van der Waals surface area contributed by atoms with Gasteiger partial charge in [-0.25, -0.2) is 4.79 Å². The average molecular weight is 322 g/mol. The number of hydrogen-bond acceptors (Lipinski definition) is 3. The lowest BCUT2D eigenvalue weighted by Crippen LogP contribution is -2.50. The van der Waals surface area contributed by atoms with Gasteiger partial charge in [-0.05, 0) is 46.5 Å². The Balaban J connectivity index is 1.86. The summed E-state index contributed by atoms with van der Waals surface area (Å²) in [5.74, 6) is 0. The van der Waals surface area contributed by atoms with Crippen LogP contribution >= 0.6 is 0 Å². The zero-order valence-electron chi connectivity index (χ0n) is 13.4. The van der Waals surface area contributed by atoms with Gasteiger partial charge in [-0.2, -0.15) is 13.2 Å². The molecule has 0 spiro atoms. The lowest BCUT2D eigenvalue weighted by atomic mass is 10.0. The summed E-state index contributed by atoms with van der Waals surface area (Å²) in [4.78, 5) is 15.2. The minimum Gasteiger partial charge on any atom is -0.444 e. The molecule has 2 fully saturated rings. The lowest BCUT2D eigenvalue weighted by molar-refractivity contribution is -0.154. The highest BCUT2D eigenvalue weighted by atomic mass is 19.4. The molecule has 128 valence electrons.